The molecule has 1 aliphatic heterocycles. The Bertz CT molecular complexity index is 708. The fourth-order valence-electron chi connectivity index (χ4n) is 1.90. The third-order valence-electron chi connectivity index (χ3n) is 2.98. The topological polar surface area (TPSA) is 17.1 Å². The van der Waals surface area contributed by atoms with Crippen LogP contribution in [0.2, 0.25) is 0 Å². The summed E-state index contributed by atoms with van der Waals surface area (Å²) in [4.78, 5) is 14.5. The van der Waals surface area contributed by atoms with Crippen molar-refractivity contribution in [2.24, 2.45) is 0 Å². The highest BCUT2D eigenvalue weighted by Gasteiger charge is 2.15. The maximum atomic E-state index is 12.6. The van der Waals surface area contributed by atoms with E-state index in [9.17, 15) is 4.79 Å². The second-order valence-corrected chi connectivity index (χ2v) is 10.2. The van der Waals surface area contributed by atoms with Gasteiger partial charge in [-0.15, -0.1) is 0 Å². The standard InChI is InChI=1S/C17H12OS4/c18-17(14-9-5-2-6-10-14)16-12-11-15(19-21-22-20-16)13-7-3-1-4-8-13/h1-12H/b15-11-,16-12-. The minimum Gasteiger partial charge on any atom is -0.288 e. The summed E-state index contributed by atoms with van der Waals surface area (Å²) in [6.07, 6.45) is 3.97. The molecule has 0 spiro atoms. The van der Waals surface area contributed by atoms with Crippen LogP contribution in [0.4, 0.5) is 0 Å². The van der Waals surface area contributed by atoms with Crippen molar-refractivity contribution in [3.8, 4) is 0 Å². The number of rotatable bonds is 3. The lowest BCUT2D eigenvalue weighted by Gasteiger charge is -2.10. The molecule has 0 aromatic heterocycles. The van der Waals surface area contributed by atoms with Crippen molar-refractivity contribution in [1.29, 1.82) is 0 Å². The molecule has 0 amide bonds. The third-order valence-corrected chi connectivity index (χ3v) is 9.10. The molecule has 22 heavy (non-hydrogen) atoms. The van der Waals surface area contributed by atoms with Crippen molar-refractivity contribution in [2.45, 2.75) is 0 Å². The molecule has 1 heterocycles. The molecule has 0 fully saturated rings. The Morgan fingerprint density at radius 3 is 2.09 bits per heavy atom. The first-order valence-corrected chi connectivity index (χ1v) is 11.4. The zero-order valence-electron chi connectivity index (χ0n) is 11.5. The van der Waals surface area contributed by atoms with Gasteiger partial charge in [-0.25, -0.2) is 0 Å². The van der Waals surface area contributed by atoms with Crippen LogP contribution >= 0.6 is 41.2 Å². The quantitative estimate of drug-likeness (QED) is 0.458. The summed E-state index contributed by atoms with van der Waals surface area (Å²) < 4.78 is 0. The average molecular weight is 361 g/mol. The van der Waals surface area contributed by atoms with Crippen LogP contribution in [0.15, 0.2) is 77.7 Å². The van der Waals surface area contributed by atoms with Gasteiger partial charge in [-0.1, -0.05) is 60.7 Å². The van der Waals surface area contributed by atoms with Gasteiger partial charge in [0.2, 0.25) is 0 Å². The van der Waals surface area contributed by atoms with E-state index in [1.54, 1.807) is 30.4 Å². The molecule has 1 aliphatic rings. The Morgan fingerprint density at radius 1 is 0.727 bits per heavy atom. The Labute approximate surface area is 145 Å². The lowest BCUT2D eigenvalue weighted by atomic mass is 10.1. The molecule has 1 nitrogen and oxygen atoms in total. The van der Waals surface area contributed by atoms with E-state index in [0.717, 1.165) is 15.4 Å². The highest BCUT2D eigenvalue weighted by Crippen LogP contribution is 2.53. The van der Waals surface area contributed by atoms with Gasteiger partial charge in [0.1, 0.15) is 0 Å². The van der Waals surface area contributed by atoms with Gasteiger partial charge < -0.3 is 0 Å². The van der Waals surface area contributed by atoms with Crippen LogP contribution in [-0.2, 0) is 0 Å². The van der Waals surface area contributed by atoms with Crippen molar-refractivity contribution in [1.82, 2.24) is 0 Å². The summed E-state index contributed by atoms with van der Waals surface area (Å²) in [6, 6.07) is 19.7. The van der Waals surface area contributed by atoms with Crippen LogP contribution in [0.5, 0.6) is 0 Å². The van der Waals surface area contributed by atoms with Crippen molar-refractivity contribution < 1.29 is 4.79 Å². The van der Waals surface area contributed by atoms with Crippen LogP contribution < -0.4 is 0 Å². The number of carbonyl (C=O) groups is 1. The van der Waals surface area contributed by atoms with Gasteiger partial charge >= 0.3 is 0 Å². The number of hydrogen-bond donors (Lipinski definition) is 0. The van der Waals surface area contributed by atoms with E-state index in [4.69, 9.17) is 0 Å². The normalized spacial score (nSPS) is 20.0. The van der Waals surface area contributed by atoms with Crippen LogP contribution in [-0.4, -0.2) is 5.78 Å². The molecule has 0 aliphatic carbocycles. The van der Waals surface area contributed by atoms with Gasteiger partial charge in [-0.2, -0.15) is 0 Å². The predicted octanol–water partition coefficient (Wildman–Crippen LogP) is 6.49. The maximum absolute atomic E-state index is 12.6. The first-order valence-electron chi connectivity index (χ1n) is 6.59. The molecule has 2 aromatic carbocycles. The Morgan fingerprint density at radius 2 is 1.36 bits per heavy atom. The minimum atomic E-state index is 0.0780. The number of benzene rings is 2. The van der Waals surface area contributed by atoms with Crippen molar-refractivity contribution in [3.63, 3.8) is 0 Å². The average Bonchev–Trinajstić information content (AvgIpc) is 2.56. The van der Waals surface area contributed by atoms with Gasteiger partial charge in [0, 0.05) is 10.5 Å². The molecule has 110 valence electrons. The smallest absolute Gasteiger partial charge is 0.200 e. The summed E-state index contributed by atoms with van der Waals surface area (Å²) in [6.45, 7) is 0. The van der Waals surface area contributed by atoms with E-state index in [0.29, 0.717) is 0 Å². The van der Waals surface area contributed by atoms with E-state index < -0.39 is 0 Å². The van der Waals surface area contributed by atoms with Crippen LogP contribution in [0.25, 0.3) is 4.91 Å². The highest BCUT2D eigenvalue weighted by atomic mass is 33.7. The lowest BCUT2D eigenvalue weighted by molar-refractivity contribution is 0.104. The second-order valence-electron chi connectivity index (χ2n) is 4.43. The number of carbonyl (C=O) groups excluding carboxylic acids is 1. The predicted molar refractivity (Wildman–Crippen MR) is 104 cm³/mol. The van der Waals surface area contributed by atoms with E-state index in [2.05, 4.69) is 12.1 Å². The lowest BCUT2D eigenvalue weighted by Crippen LogP contribution is -1.99. The van der Waals surface area contributed by atoms with Gasteiger partial charge in [-0.3, -0.25) is 4.79 Å². The summed E-state index contributed by atoms with van der Waals surface area (Å²) in [7, 11) is 6.56. The van der Waals surface area contributed by atoms with Crippen molar-refractivity contribution in [3.05, 3.63) is 88.8 Å². The Hall–Kier alpha value is -1.01. The zero-order chi connectivity index (χ0) is 15.2. The molecule has 0 saturated carbocycles. The number of ketones is 1. The summed E-state index contributed by atoms with van der Waals surface area (Å²) in [5, 5.41) is 0. The Balaban J connectivity index is 1.90. The fraction of sp³-hybridized carbons (Fsp3) is 0. The second kappa shape index (κ2) is 8.02. The van der Waals surface area contributed by atoms with E-state index in [1.807, 2.05) is 60.7 Å². The monoisotopic (exact) mass is 360 g/mol. The summed E-state index contributed by atoms with van der Waals surface area (Å²) >= 11 is 0. The van der Waals surface area contributed by atoms with E-state index in [1.165, 1.54) is 16.4 Å². The highest BCUT2D eigenvalue weighted by molar-refractivity contribution is 9.27. The molecular formula is C17H12OS4. The molecule has 0 radical (unpaired) electrons. The molecule has 5 heteroatoms. The first-order chi connectivity index (χ1) is 10.8. The molecular weight excluding hydrogens is 348 g/mol. The first kappa shape index (κ1) is 15.9. The maximum Gasteiger partial charge on any atom is 0.200 e. The number of Topliss-reactive ketones (excluding diaryl/α,β-unsaturated/α-hetero) is 1. The van der Waals surface area contributed by atoms with Gasteiger partial charge in [0.15, 0.2) is 5.78 Å². The fourth-order valence-corrected chi connectivity index (χ4v) is 7.55. The van der Waals surface area contributed by atoms with Gasteiger partial charge in [0.05, 0.1) is 4.91 Å². The molecule has 0 bridgehead atoms. The molecule has 0 unspecified atom stereocenters. The largest absolute Gasteiger partial charge is 0.288 e. The summed E-state index contributed by atoms with van der Waals surface area (Å²) in [5.74, 6) is 0.0780. The van der Waals surface area contributed by atoms with Gasteiger partial charge in [-0.05, 0) is 59.0 Å². The van der Waals surface area contributed by atoms with Crippen molar-refractivity contribution in [2.75, 3.05) is 0 Å². The van der Waals surface area contributed by atoms with Crippen LogP contribution in [0.3, 0.4) is 0 Å². The third kappa shape index (κ3) is 4.04. The SMILES string of the molecule is O=C(/C1=C/C=C(/c2ccccc2)SSSS1)c1ccccc1. The van der Waals surface area contributed by atoms with Gasteiger partial charge in [0.25, 0.3) is 0 Å². The van der Waals surface area contributed by atoms with Crippen molar-refractivity contribution >= 4 is 51.9 Å². The molecule has 2 aromatic rings. The molecule has 0 saturated heterocycles. The summed E-state index contributed by atoms with van der Waals surface area (Å²) in [5.41, 5.74) is 1.91. The minimum absolute atomic E-state index is 0.0780. The van der Waals surface area contributed by atoms with Crippen LogP contribution in [0.1, 0.15) is 15.9 Å². The number of hydrogen-bond acceptors (Lipinski definition) is 5. The molecule has 0 atom stereocenters. The van der Waals surface area contributed by atoms with E-state index in [-0.39, 0.29) is 5.78 Å². The van der Waals surface area contributed by atoms with E-state index >= 15 is 0 Å². The van der Waals surface area contributed by atoms with Crippen LogP contribution in [0, 0.1) is 0 Å². The molecule has 0 N–H and O–H groups in total. The molecule has 3 rings (SSSR count). The number of allylic oxidation sites excluding steroid dienone is 3. The Kier molecular flexibility index (Phi) is 5.78. The zero-order valence-corrected chi connectivity index (χ0v) is 14.7.